The minimum Gasteiger partial charge on any atom is -0.497 e. The van der Waals surface area contributed by atoms with Crippen LogP contribution in [0.3, 0.4) is 0 Å². The van der Waals surface area contributed by atoms with Gasteiger partial charge >= 0.3 is 0 Å². The number of benzene rings is 4. The van der Waals surface area contributed by atoms with E-state index in [1.165, 1.54) is 17.1 Å². The Morgan fingerprint density at radius 1 is 0.951 bits per heavy atom. The monoisotopic (exact) mass is 547 g/mol. The third kappa shape index (κ3) is 5.05. The lowest BCUT2D eigenvalue weighted by Gasteiger charge is -2.29. The van der Waals surface area contributed by atoms with Gasteiger partial charge in [0.25, 0.3) is 5.91 Å². The van der Waals surface area contributed by atoms with E-state index in [2.05, 4.69) is 45.0 Å². The van der Waals surface area contributed by atoms with Crippen molar-refractivity contribution in [3.63, 3.8) is 0 Å². The average molecular weight is 548 g/mol. The molecular formula is C32H29N5O4. The number of methoxy groups -OCH3 is 2. The first-order chi connectivity index (χ1) is 20.1. The van der Waals surface area contributed by atoms with Crippen LogP contribution >= 0.6 is 0 Å². The number of allylic oxidation sites excluding steroid dienone is 1. The van der Waals surface area contributed by atoms with Crippen LogP contribution < -0.4 is 24.8 Å². The Hall–Kier alpha value is -5.31. The van der Waals surface area contributed by atoms with Gasteiger partial charge in [0, 0.05) is 11.8 Å². The minimum absolute atomic E-state index is 0.291. The first-order valence-corrected chi connectivity index (χ1v) is 13.2. The average Bonchev–Trinajstić information content (AvgIpc) is 3.47. The standard InChI is InChI=1S/C32H29N5O4/c1-20-29(31(38)36-27-16-15-25(39-2)17-28(27)40-3)30(37-32(35-20)33-19-34-37)22-11-13-24(14-12-22)41-18-23-9-6-8-21-7-4-5-10-26(21)23/h4-17,19,30H,18H2,1-3H3,(H,36,38)(H,33,34,35). The van der Waals surface area contributed by atoms with Crippen LogP contribution in [0.4, 0.5) is 11.6 Å². The molecule has 9 nitrogen and oxygen atoms in total. The van der Waals surface area contributed by atoms with E-state index < -0.39 is 6.04 Å². The van der Waals surface area contributed by atoms with Crippen LogP contribution in [0.2, 0.25) is 0 Å². The second-order valence-corrected chi connectivity index (χ2v) is 9.61. The molecule has 0 fully saturated rings. The van der Waals surface area contributed by atoms with Gasteiger partial charge < -0.3 is 24.8 Å². The summed E-state index contributed by atoms with van der Waals surface area (Å²) in [6.45, 7) is 2.30. The summed E-state index contributed by atoms with van der Waals surface area (Å²) >= 11 is 0. The van der Waals surface area contributed by atoms with Gasteiger partial charge in [0.2, 0.25) is 5.95 Å². The van der Waals surface area contributed by atoms with Crippen molar-refractivity contribution in [3.8, 4) is 17.2 Å². The highest BCUT2D eigenvalue weighted by atomic mass is 16.5. The quantitative estimate of drug-likeness (QED) is 0.247. The molecule has 1 aliphatic rings. The van der Waals surface area contributed by atoms with E-state index in [-0.39, 0.29) is 5.91 Å². The van der Waals surface area contributed by atoms with E-state index in [0.29, 0.717) is 41.0 Å². The van der Waals surface area contributed by atoms with Gasteiger partial charge in [0.15, 0.2) is 0 Å². The Morgan fingerprint density at radius 3 is 2.54 bits per heavy atom. The molecule has 1 unspecified atom stereocenters. The van der Waals surface area contributed by atoms with Gasteiger partial charge in [-0.3, -0.25) is 4.79 Å². The molecule has 0 radical (unpaired) electrons. The lowest BCUT2D eigenvalue weighted by atomic mass is 9.95. The maximum absolute atomic E-state index is 13.8. The van der Waals surface area contributed by atoms with Crippen molar-refractivity contribution in [2.24, 2.45) is 0 Å². The highest BCUT2D eigenvalue weighted by Crippen LogP contribution is 2.37. The molecule has 4 aromatic carbocycles. The van der Waals surface area contributed by atoms with E-state index in [0.717, 1.165) is 16.9 Å². The van der Waals surface area contributed by atoms with Gasteiger partial charge in [-0.2, -0.15) is 10.1 Å². The van der Waals surface area contributed by atoms with Crippen LogP contribution in [0.25, 0.3) is 10.8 Å². The number of aromatic nitrogens is 3. The smallest absolute Gasteiger partial charge is 0.255 e. The zero-order valence-electron chi connectivity index (χ0n) is 22.9. The first kappa shape index (κ1) is 25.9. The molecule has 9 heteroatoms. The number of hydrogen-bond donors (Lipinski definition) is 2. The Balaban J connectivity index is 1.27. The number of hydrogen-bond acceptors (Lipinski definition) is 7. The predicted molar refractivity (Wildman–Crippen MR) is 157 cm³/mol. The topological polar surface area (TPSA) is 99.5 Å². The lowest BCUT2D eigenvalue weighted by Crippen LogP contribution is -2.31. The number of nitrogens with one attached hydrogen (secondary N) is 2. The highest BCUT2D eigenvalue weighted by molar-refractivity contribution is 6.06. The van der Waals surface area contributed by atoms with Crippen molar-refractivity contribution in [3.05, 3.63) is 114 Å². The van der Waals surface area contributed by atoms with Gasteiger partial charge in [-0.25, -0.2) is 4.68 Å². The Labute approximate surface area is 237 Å². The van der Waals surface area contributed by atoms with Gasteiger partial charge in [-0.15, -0.1) is 0 Å². The molecule has 0 saturated carbocycles. The van der Waals surface area contributed by atoms with Crippen molar-refractivity contribution in [1.29, 1.82) is 0 Å². The number of anilines is 2. The van der Waals surface area contributed by atoms with Crippen LogP contribution in [0, 0.1) is 0 Å². The summed E-state index contributed by atoms with van der Waals surface area (Å²) in [4.78, 5) is 18.1. The number of ether oxygens (including phenoxy) is 3. The van der Waals surface area contributed by atoms with E-state index in [4.69, 9.17) is 14.2 Å². The second-order valence-electron chi connectivity index (χ2n) is 9.61. The number of amides is 1. The number of nitrogens with zero attached hydrogens (tertiary/aromatic N) is 3. The minimum atomic E-state index is -0.509. The fourth-order valence-electron chi connectivity index (χ4n) is 5.11. The Kier molecular flexibility index (Phi) is 6.99. The van der Waals surface area contributed by atoms with Crippen molar-refractivity contribution in [2.75, 3.05) is 24.9 Å². The van der Waals surface area contributed by atoms with Crippen LogP contribution in [-0.4, -0.2) is 34.9 Å². The van der Waals surface area contributed by atoms with Crippen LogP contribution in [0.1, 0.15) is 24.1 Å². The number of carbonyl (C=O) groups excluding carboxylic acids is 1. The Bertz CT molecular complexity index is 1750. The SMILES string of the molecule is COc1ccc(NC(=O)C2=C(C)Nc3ncnn3C2c2ccc(OCc3cccc4ccccc34)cc2)c(OC)c1. The van der Waals surface area contributed by atoms with Crippen molar-refractivity contribution in [2.45, 2.75) is 19.6 Å². The van der Waals surface area contributed by atoms with E-state index >= 15 is 0 Å². The summed E-state index contributed by atoms with van der Waals surface area (Å²) in [6.07, 6.45) is 1.47. The fourth-order valence-corrected chi connectivity index (χ4v) is 5.11. The molecular weight excluding hydrogens is 518 g/mol. The third-order valence-corrected chi connectivity index (χ3v) is 7.17. The summed E-state index contributed by atoms with van der Waals surface area (Å²) in [5, 5.41) is 13.0. The van der Waals surface area contributed by atoms with E-state index in [1.54, 1.807) is 37.1 Å². The van der Waals surface area contributed by atoms with Crippen LogP contribution in [-0.2, 0) is 11.4 Å². The summed E-state index contributed by atoms with van der Waals surface area (Å²) in [5.74, 6) is 2.11. The molecule has 206 valence electrons. The normalized spacial score (nSPS) is 14.3. The molecule has 0 spiro atoms. The first-order valence-electron chi connectivity index (χ1n) is 13.2. The molecule has 1 aliphatic heterocycles. The van der Waals surface area contributed by atoms with Gasteiger partial charge in [-0.1, -0.05) is 54.6 Å². The third-order valence-electron chi connectivity index (χ3n) is 7.17. The molecule has 6 rings (SSSR count). The zero-order valence-corrected chi connectivity index (χ0v) is 22.9. The lowest BCUT2D eigenvalue weighted by molar-refractivity contribution is -0.113. The fraction of sp³-hybridized carbons (Fsp3) is 0.156. The summed E-state index contributed by atoms with van der Waals surface area (Å²) in [7, 11) is 3.13. The second kappa shape index (κ2) is 11.1. The van der Waals surface area contributed by atoms with Crippen molar-refractivity contribution >= 4 is 28.3 Å². The van der Waals surface area contributed by atoms with E-state index in [9.17, 15) is 4.79 Å². The maximum atomic E-state index is 13.8. The van der Waals surface area contributed by atoms with Gasteiger partial charge in [0.05, 0.1) is 25.5 Å². The van der Waals surface area contributed by atoms with Crippen molar-refractivity contribution in [1.82, 2.24) is 14.8 Å². The van der Waals surface area contributed by atoms with Gasteiger partial charge in [0.1, 0.15) is 36.2 Å². The number of rotatable bonds is 8. The van der Waals surface area contributed by atoms with E-state index in [1.807, 2.05) is 49.4 Å². The molecule has 5 aromatic rings. The predicted octanol–water partition coefficient (Wildman–Crippen LogP) is 5.96. The molecule has 2 heterocycles. The van der Waals surface area contributed by atoms with Crippen molar-refractivity contribution < 1.29 is 19.0 Å². The van der Waals surface area contributed by atoms with Crippen LogP contribution in [0.15, 0.2) is 103 Å². The summed E-state index contributed by atoms with van der Waals surface area (Å²) in [5.41, 5.74) is 3.69. The van der Waals surface area contributed by atoms with Crippen LogP contribution in [0.5, 0.6) is 17.2 Å². The highest BCUT2D eigenvalue weighted by Gasteiger charge is 2.33. The zero-order chi connectivity index (χ0) is 28.3. The summed E-state index contributed by atoms with van der Waals surface area (Å²) < 4.78 is 18.6. The molecule has 0 aliphatic carbocycles. The summed E-state index contributed by atoms with van der Waals surface area (Å²) in [6, 6.07) is 26.9. The Morgan fingerprint density at radius 2 is 1.73 bits per heavy atom. The maximum Gasteiger partial charge on any atom is 0.255 e. The molecule has 0 bridgehead atoms. The number of carbonyl (C=O) groups is 1. The molecule has 0 saturated heterocycles. The molecule has 41 heavy (non-hydrogen) atoms. The molecule has 2 N–H and O–H groups in total. The molecule has 1 amide bonds. The molecule has 1 aromatic heterocycles. The largest absolute Gasteiger partial charge is 0.497 e. The number of fused-ring (bicyclic) bond motifs is 2. The molecule has 1 atom stereocenters. The van der Waals surface area contributed by atoms with Gasteiger partial charge in [-0.05, 0) is 53.1 Å².